The fraction of sp³-hybridized carbons (Fsp3) is 0.361. The Bertz CT molecular complexity index is 1970. The van der Waals surface area contributed by atoms with Gasteiger partial charge in [0.15, 0.2) is 0 Å². The zero-order chi connectivity index (χ0) is 33.1. The Hall–Kier alpha value is -4.67. The average Bonchev–Trinajstić information content (AvgIpc) is 3.67. The molecular weight excluding hydrogens is 584 g/mol. The Balaban J connectivity index is 1.34. The summed E-state index contributed by atoms with van der Waals surface area (Å²) in [6.45, 7) is 12.5. The van der Waals surface area contributed by atoms with Crippen molar-refractivity contribution in [2.24, 2.45) is 0 Å². The first-order valence-corrected chi connectivity index (χ1v) is 15.7. The van der Waals surface area contributed by atoms with Crippen molar-refractivity contribution < 1.29 is 24.2 Å². The third-order valence-corrected chi connectivity index (χ3v) is 8.71. The molecule has 5 heterocycles. The maximum absolute atomic E-state index is 13.4. The number of aromatic amines is 1. The molecule has 0 saturated carbocycles. The van der Waals surface area contributed by atoms with Gasteiger partial charge in [0.2, 0.25) is 0 Å². The number of amides is 1. The molecule has 0 bridgehead atoms. The second kappa shape index (κ2) is 13.8. The van der Waals surface area contributed by atoms with Crippen molar-refractivity contribution in [1.29, 1.82) is 0 Å². The predicted octanol–water partition coefficient (Wildman–Crippen LogP) is 6.24. The number of H-pyrrole nitrogens is 1. The fourth-order valence-corrected chi connectivity index (χ4v) is 6.49. The Labute approximate surface area is 268 Å². The van der Waals surface area contributed by atoms with Crippen LogP contribution in [-0.4, -0.2) is 44.0 Å². The Kier molecular flexibility index (Phi) is 9.79. The van der Waals surface area contributed by atoms with Crippen LogP contribution in [0.25, 0.3) is 11.0 Å². The maximum Gasteiger partial charge on any atom is 0.336 e. The highest BCUT2D eigenvalue weighted by molar-refractivity contribution is 5.97. The molecule has 0 aromatic carbocycles. The molecule has 46 heavy (non-hydrogen) atoms. The first-order valence-electron chi connectivity index (χ1n) is 15.7. The van der Waals surface area contributed by atoms with E-state index in [0.29, 0.717) is 42.7 Å². The zero-order valence-corrected chi connectivity index (χ0v) is 27.3. The molecule has 0 aliphatic carbocycles. The number of pyridine rings is 3. The maximum atomic E-state index is 13.4. The molecular formula is C36H42N4O6. The molecule has 2 unspecified atom stereocenters. The van der Waals surface area contributed by atoms with E-state index in [-0.39, 0.29) is 29.7 Å². The number of aryl methyl sites for hydroxylation is 2. The SMILES string of the molecule is CCOC(C)c1c(C)c(C(=O)NCc2c(C)cc(CCC(OCC)c3c(C)c(C(=O)O)cc4cccn34)[nH]c2=O)cc2cccn12. The number of nitrogens with zero attached hydrogens (tertiary/aromatic N) is 2. The summed E-state index contributed by atoms with van der Waals surface area (Å²) in [4.78, 5) is 41.7. The highest BCUT2D eigenvalue weighted by Gasteiger charge is 2.23. The van der Waals surface area contributed by atoms with E-state index in [1.165, 1.54) is 0 Å². The van der Waals surface area contributed by atoms with Crippen LogP contribution in [-0.2, 0) is 22.4 Å². The summed E-state index contributed by atoms with van der Waals surface area (Å²) >= 11 is 0. The predicted molar refractivity (Wildman–Crippen MR) is 177 cm³/mol. The molecule has 242 valence electrons. The minimum atomic E-state index is -0.985. The first-order chi connectivity index (χ1) is 22.0. The van der Waals surface area contributed by atoms with Gasteiger partial charge in [0.1, 0.15) is 0 Å². The Morgan fingerprint density at radius 3 is 2.13 bits per heavy atom. The lowest BCUT2D eigenvalue weighted by Crippen LogP contribution is -2.29. The summed E-state index contributed by atoms with van der Waals surface area (Å²) in [6, 6.07) is 13.1. The lowest BCUT2D eigenvalue weighted by Gasteiger charge is -2.23. The van der Waals surface area contributed by atoms with E-state index in [9.17, 15) is 19.5 Å². The summed E-state index contributed by atoms with van der Waals surface area (Å²) in [5.74, 6) is -1.25. The van der Waals surface area contributed by atoms with Gasteiger partial charge in [0.05, 0.1) is 29.2 Å². The van der Waals surface area contributed by atoms with Crippen LogP contribution < -0.4 is 10.9 Å². The standard InChI is InChI=1S/C36H42N4O6/c1-7-45-24(6)32-22(4)28(18-26-11-9-15-39(26)32)34(41)37-20-30-21(3)17-25(38-35(30)42)13-14-31(46-8-2)33-23(5)29(36(43)44)19-27-12-10-16-40(27)33/h9-12,15-19,24,31H,7-8,13-14,20H2,1-6H3,(H,37,41)(H,38,42)(H,43,44). The highest BCUT2D eigenvalue weighted by Crippen LogP contribution is 2.30. The molecule has 5 rings (SSSR count). The van der Waals surface area contributed by atoms with Crippen LogP contribution in [0.4, 0.5) is 0 Å². The van der Waals surface area contributed by atoms with Crippen LogP contribution in [0.3, 0.4) is 0 Å². The van der Waals surface area contributed by atoms with Crippen molar-refractivity contribution in [3.63, 3.8) is 0 Å². The molecule has 0 fully saturated rings. The first kappa shape index (κ1) is 32.7. The van der Waals surface area contributed by atoms with Gasteiger partial charge in [-0.1, -0.05) is 0 Å². The molecule has 3 N–H and O–H groups in total. The van der Waals surface area contributed by atoms with Crippen molar-refractivity contribution in [3.05, 3.63) is 116 Å². The second-order valence-corrected chi connectivity index (χ2v) is 11.6. The highest BCUT2D eigenvalue weighted by atomic mass is 16.5. The number of carboxylic acids is 1. The zero-order valence-electron chi connectivity index (χ0n) is 27.3. The van der Waals surface area contributed by atoms with Gasteiger partial charge in [-0.3, -0.25) is 9.59 Å². The van der Waals surface area contributed by atoms with Crippen LogP contribution in [0.5, 0.6) is 0 Å². The van der Waals surface area contributed by atoms with E-state index < -0.39 is 12.1 Å². The number of aromatic carboxylic acids is 1. The molecule has 0 aliphatic rings. The fourth-order valence-electron chi connectivity index (χ4n) is 6.49. The summed E-state index contributed by atoms with van der Waals surface area (Å²) in [6.07, 6.45) is 4.31. The molecule has 10 heteroatoms. The van der Waals surface area contributed by atoms with E-state index in [0.717, 1.165) is 39.2 Å². The van der Waals surface area contributed by atoms with E-state index in [1.807, 2.05) is 92.2 Å². The van der Waals surface area contributed by atoms with Gasteiger partial charge in [-0.2, -0.15) is 0 Å². The molecule has 0 aliphatic heterocycles. The monoisotopic (exact) mass is 626 g/mol. The van der Waals surface area contributed by atoms with Crippen molar-refractivity contribution in [2.45, 2.75) is 73.1 Å². The summed E-state index contributed by atoms with van der Waals surface area (Å²) in [5, 5.41) is 12.8. The molecule has 1 amide bonds. The minimum absolute atomic E-state index is 0.0800. The van der Waals surface area contributed by atoms with Crippen LogP contribution >= 0.6 is 0 Å². The van der Waals surface area contributed by atoms with Crippen LogP contribution in [0.2, 0.25) is 0 Å². The third-order valence-electron chi connectivity index (χ3n) is 8.71. The van der Waals surface area contributed by atoms with E-state index in [4.69, 9.17) is 9.47 Å². The van der Waals surface area contributed by atoms with Gasteiger partial charge in [-0.25, -0.2) is 4.79 Å². The summed E-state index contributed by atoms with van der Waals surface area (Å²) in [7, 11) is 0. The van der Waals surface area contributed by atoms with Gasteiger partial charge in [-0.05, 0) is 114 Å². The Morgan fingerprint density at radius 1 is 0.913 bits per heavy atom. The molecule has 5 aromatic rings. The van der Waals surface area contributed by atoms with Crippen LogP contribution in [0.1, 0.15) is 99.5 Å². The third kappa shape index (κ3) is 6.36. The minimum Gasteiger partial charge on any atom is -0.478 e. The number of aromatic nitrogens is 3. The van der Waals surface area contributed by atoms with Gasteiger partial charge in [0.25, 0.3) is 11.5 Å². The Morgan fingerprint density at radius 2 is 1.52 bits per heavy atom. The molecule has 0 saturated heterocycles. The van der Waals surface area contributed by atoms with Crippen LogP contribution in [0.15, 0.2) is 59.7 Å². The normalized spacial score (nSPS) is 12.9. The summed E-state index contributed by atoms with van der Waals surface area (Å²) < 4.78 is 16.0. The average molecular weight is 627 g/mol. The van der Waals surface area contributed by atoms with Gasteiger partial charge < -0.3 is 33.7 Å². The molecule has 0 spiro atoms. The van der Waals surface area contributed by atoms with Crippen molar-refractivity contribution >= 4 is 22.9 Å². The second-order valence-electron chi connectivity index (χ2n) is 11.6. The topological polar surface area (TPSA) is 127 Å². The molecule has 5 aromatic heterocycles. The number of carbonyl (C=O) groups excluding carboxylic acids is 1. The number of hydrogen-bond donors (Lipinski definition) is 3. The van der Waals surface area contributed by atoms with Crippen LogP contribution in [0, 0.1) is 20.8 Å². The lowest BCUT2D eigenvalue weighted by atomic mass is 9.99. The van der Waals surface area contributed by atoms with E-state index >= 15 is 0 Å². The van der Waals surface area contributed by atoms with E-state index in [2.05, 4.69) is 10.3 Å². The van der Waals surface area contributed by atoms with Gasteiger partial charge >= 0.3 is 5.97 Å². The van der Waals surface area contributed by atoms with Crippen molar-refractivity contribution in [2.75, 3.05) is 13.2 Å². The van der Waals surface area contributed by atoms with Crippen molar-refractivity contribution in [3.8, 4) is 0 Å². The smallest absolute Gasteiger partial charge is 0.336 e. The largest absolute Gasteiger partial charge is 0.478 e. The van der Waals surface area contributed by atoms with Crippen molar-refractivity contribution in [1.82, 2.24) is 19.1 Å². The number of nitrogens with one attached hydrogen (secondary N) is 2. The van der Waals surface area contributed by atoms with Gasteiger partial charge in [-0.15, -0.1) is 0 Å². The lowest BCUT2D eigenvalue weighted by molar-refractivity contribution is 0.0517. The van der Waals surface area contributed by atoms with E-state index in [1.54, 1.807) is 13.0 Å². The number of rotatable bonds is 13. The summed E-state index contributed by atoms with van der Waals surface area (Å²) in [5.41, 5.74) is 7.37. The number of fused-ring (bicyclic) bond motifs is 2. The number of hydrogen-bond acceptors (Lipinski definition) is 5. The number of carbonyl (C=O) groups is 2. The quantitative estimate of drug-likeness (QED) is 0.142. The van der Waals surface area contributed by atoms with Gasteiger partial charge in [0, 0.05) is 60.0 Å². The molecule has 10 nitrogen and oxygen atoms in total. The molecule has 0 radical (unpaired) electrons. The number of carboxylic acid groups (broad SMARTS) is 1. The molecule has 2 atom stereocenters. The number of ether oxygens (including phenoxy) is 2.